The SMILES string of the molecule is COc1ccccc1C(=O)N[C@H](C(=O)O[C@H](C)C(=O)c1ccc(F)cc1)C(C)C. The van der Waals surface area contributed by atoms with Crippen molar-refractivity contribution in [1.29, 1.82) is 0 Å². The molecule has 2 aromatic rings. The van der Waals surface area contributed by atoms with E-state index >= 15 is 0 Å². The topological polar surface area (TPSA) is 81.7 Å². The van der Waals surface area contributed by atoms with E-state index in [9.17, 15) is 18.8 Å². The van der Waals surface area contributed by atoms with Crippen LogP contribution in [0.25, 0.3) is 0 Å². The highest BCUT2D eigenvalue weighted by atomic mass is 19.1. The Morgan fingerprint density at radius 3 is 2.17 bits per heavy atom. The summed E-state index contributed by atoms with van der Waals surface area (Å²) in [6.45, 7) is 4.94. The number of amides is 1. The average molecular weight is 401 g/mol. The Morgan fingerprint density at radius 2 is 1.59 bits per heavy atom. The molecule has 0 saturated carbocycles. The molecule has 2 rings (SSSR count). The minimum absolute atomic E-state index is 0.228. The van der Waals surface area contributed by atoms with Crippen molar-refractivity contribution < 1.29 is 28.2 Å². The number of ether oxygens (including phenoxy) is 2. The van der Waals surface area contributed by atoms with E-state index in [0.717, 1.165) is 12.1 Å². The van der Waals surface area contributed by atoms with Crippen LogP contribution in [0.4, 0.5) is 4.39 Å². The lowest BCUT2D eigenvalue weighted by Crippen LogP contribution is -2.46. The zero-order valence-corrected chi connectivity index (χ0v) is 16.8. The highest BCUT2D eigenvalue weighted by Crippen LogP contribution is 2.18. The van der Waals surface area contributed by atoms with Gasteiger partial charge in [-0.1, -0.05) is 26.0 Å². The van der Waals surface area contributed by atoms with Crippen molar-refractivity contribution >= 4 is 17.7 Å². The fourth-order valence-electron chi connectivity index (χ4n) is 2.70. The molecular formula is C22H24FNO5. The van der Waals surface area contributed by atoms with Crippen molar-refractivity contribution in [3.63, 3.8) is 0 Å². The zero-order chi connectivity index (χ0) is 21.6. The van der Waals surface area contributed by atoms with Crippen molar-refractivity contribution in [2.45, 2.75) is 32.9 Å². The van der Waals surface area contributed by atoms with Crippen LogP contribution in [-0.4, -0.2) is 36.9 Å². The Balaban J connectivity index is 2.09. The summed E-state index contributed by atoms with van der Waals surface area (Å²) in [6, 6.07) is 10.6. The van der Waals surface area contributed by atoms with Crippen LogP contribution in [0.15, 0.2) is 48.5 Å². The van der Waals surface area contributed by atoms with Gasteiger partial charge in [-0.15, -0.1) is 0 Å². The molecule has 0 fully saturated rings. The van der Waals surface area contributed by atoms with Crippen molar-refractivity contribution in [2.24, 2.45) is 5.92 Å². The van der Waals surface area contributed by atoms with Crippen molar-refractivity contribution in [3.8, 4) is 5.75 Å². The molecule has 0 unspecified atom stereocenters. The minimum Gasteiger partial charge on any atom is -0.496 e. The Labute approximate surface area is 169 Å². The summed E-state index contributed by atoms with van der Waals surface area (Å²) < 4.78 is 23.5. The lowest BCUT2D eigenvalue weighted by Gasteiger charge is -2.23. The third kappa shape index (κ3) is 5.63. The number of hydrogen-bond acceptors (Lipinski definition) is 5. The highest BCUT2D eigenvalue weighted by Gasteiger charge is 2.30. The molecule has 2 atom stereocenters. The predicted octanol–water partition coefficient (Wildman–Crippen LogP) is 3.40. The molecule has 0 aliphatic rings. The summed E-state index contributed by atoms with van der Waals surface area (Å²) in [7, 11) is 1.45. The van der Waals surface area contributed by atoms with Gasteiger partial charge in [-0.2, -0.15) is 0 Å². The van der Waals surface area contributed by atoms with Crippen molar-refractivity contribution in [2.75, 3.05) is 7.11 Å². The zero-order valence-electron chi connectivity index (χ0n) is 16.8. The lowest BCUT2D eigenvalue weighted by atomic mass is 10.0. The van der Waals surface area contributed by atoms with E-state index in [1.54, 1.807) is 38.1 Å². The van der Waals surface area contributed by atoms with Crippen LogP contribution >= 0.6 is 0 Å². The second kappa shape index (κ2) is 9.82. The number of benzene rings is 2. The molecule has 0 saturated heterocycles. The summed E-state index contributed by atoms with van der Waals surface area (Å²) in [6.07, 6.45) is -1.09. The highest BCUT2D eigenvalue weighted by molar-refractivity contribution is 6.01. The van der Waals surface area contributed by atoms with Gasteiger partial charge < -0.3 is 14.8 Å². The van der Waals surface area contributed by atoms with Gasteiger partial charge in [-0.3, -0.25) is 9.59 Å². The molecular weight excluding hydrogens is 377 g/mol. The van der Waals surface area contributed by atoms with Gasteiger partial charge in [0.1, 0.15) is 17.6 Å². The number of Topliss-reactive ketones (excluding diaryl/α,β-unsaturated/α-hetero) is 1. The average Bonchev–Trinajstić information content (AvgIpc) is 2.71. The molecule has 0 aliphatic heterocycles. The summed E-state index contributed by atoms with van der Waals surface area (Å²) in [5, 5.41) is 2.64. The first-order valence-electron chi connectivity index (χ1n) is 9.18. The Kier molecular flexibility index (Phi) is 7.47. The van der Waals surface area contributed by atoms with Crippen LogP contribution in [0.2, 0.25) is 0 Å². The number of hydrogen-bond donors (Lipinski definition) is 1. The van der Waals surface area contributed by atoms with Crippen LogP contribution in [0.3, 0.4) is 0 Å². The van der Waals surface area contributed by atoms with Gasteiger partial charge in [0.15, 0.2) is 6.10 Å². The number of ketones is 1. The summed E-state index contributed by atoms with van der Waals surface area (Å²) in [5.74, 6) is -2.06. The molecule has 0 radical (unpaired) electrons. The largest absolute Gasteiger partial charge is 0.496 e. The molecule has 1 N–H and O–H groups in total. The number of methoxy groups -OCH3 is 1. The second-order valence-corrected chi connectivity index (χ2v) is 6.85. The molecule has 0 aliphatic carbocycles. The van der Waals surface area contributed by atoms with E-state index in [4.69, 9.17) is 9.47 Å². The smallest absolute Gasteiger partial charge is 0.329 e. The number of halogens is 1. The predicted molar refractivity (Wildman–Crippen MR) is 105 cm³/mol. The van der Waals surface area contributed by atoms with E-state index in [1.165, 1.54) is 26.2 Å². The molecule has 0 heterocycles. The Bertz CT molecular complexity index is 879. The quantitative estimate of drug-likeness (QED) is 0.542. The van der Waals surface area contributed by atoms with Gasteiger partial charge in [0.25, 0.3) is 5.91 Å². The van der Waals surface area contributed by atoms with Gasteiger partial charge in [0.05, 0.1) is 12.7 Å². The second-order valence-electron chi connectivity index (χ2n) is 6.85. The maximum Gasteiger partial charge on any atom is 0.329 e. The van der Waals surface area contributed by atoms with E-state index in [2.05, 4.69) is 5.32 Å². The Morgan fingerprint density at radius 1 is 0.966 bits per heavy atom. The number of esters is 1. The summed E-state index contributed by atoms with van der Waals surface area (Å²) >= 11 is 0. The van der Waals surface area contributed by atoms with E-state index in [-0.39, 0.29) is 17.0 Å². The molecule has 0 spiro atoms. The maximum atomic E-state index is 13.0. The first-order chi connectivity index (χ1) is 13.7. The van der Waals surface area contributed by atoms with Crippen LogP contribution in [0.1, 0.15) is 41.5 Å². The van der Waals surface area contributed by atoms with Crippen molar-refractivity contribution in [1.82, 2.24) is 5.32 Å². The molecule has 1 amide bonds. The molecule has 7 heteroatoms. The molecule has 0 bridgehead atoms. The fraction of sp³-hybridized carbons (Fsp3) is 0.318. The van der Waals surface area contributed by atoms with Gasteiger partial charge in [-0.05, 0) is 49.2 Å². The van der Waals surface area contributed by atoms with Gasteiger partial charge in [0.2, 0.25) is 5.78 Å². The van der Waals surface area contributed by atoms with E-state index in [0.29, 0.717) is 5.75 Å². The monoisotopic (exact) mass is 401 g/mol. The summed E-state index contributed by atoms with van der Waals surface area (Å²) in [4.78, 5) is 37.6. The normalized spacial score (nSPS) is 12.8. The van der Waals surface area contributed by atoms with Gasteiger partial charge >= 0.3 is 5.97 Å². The third-order valence-electron chi connectivity index (χ3n) is 4.35. The number of carbonyl (C=O) groups is 3. The van der Waals surface area contributed by atoms with Crippen LogP contribution in [0, 0.1) is 11.7 Å². The molecule has 29 heavy (non-hydrogen) atoms. The van der Waals surface area contributed by atoms with Gasteiger partial charge in [0, 0.05) is 5.56 Å². The first kappa shape index (κ1) is 22.1. The Hall–Kier alpha value is -3.22. The number of nitrogens with one attached hydrogen (secondary N) is 1. The number of rotatable bonds is 8. The van der Waals surface area contributed by atoms with Crippen LogP contribution < -0.4 is 10.1 Å². The molecule has 154 valence electrons. The molecule has 0 aromatic heterocycles. The summed E-state index contributed by atoms with van der Waals surface area (Å²) in [5.41, 5.74) is 0.509. The first-order valence-corrected chi connectivity index (χ1v) is 9.18. The van der Waals surface area contributed by atoms with Gasteiger partial charge in [-0.25, -0.2) is 9.18 Å². The fourth-order valence-corrected chi connectivity index (χ4v) is 2.70. The van der Waals surface area contributed by atoms with Crippen LogP contribution in [-0.2, 0) is 9.53 Å². The maximum absolute atomic E-state index is 13.0. The number of carbonyl (C=O) groups excluding carboxylic acids is 3. The van der Waals surface area contributed by atoms with E-state index < -0.39 is 35.6 Å². The van der Waals surface area contributed by atoms with Crippen LogP contribution in [0.5, 0.6) is 5.75 Å². The third-order valence-corrected chi connectivity index (χ3v) is 4.35. The molecule has 2 aromatic carbocycles. The number of para-hydroxylation sites is 1. The lowest BCUT2D eigenvalue weighted by molar-refractivity contribution is -0.149. The van der Waals surface area contributed by atoms with Crippen molar-refractivity contribution in [3.05, 3.63) is 65.5 Å². The van der Waals surface area contributed by atoms with E-state index in [1.807, 2.05) is 0 Å². The standard InChI is InChI=1S/C22H24FNO5/c1-13(2)19(24-21(26)17-7-5-6-8-18(17)28-4)22(27)29-14(3)20(25)15-9-11-16(23)12-10-15/h5-14,19H,1-4H3,(H,24,26)/t14-,19+/m1/s1. The minimum atomic E-state index is -1.09. The molecule has 6 nitrogen and oxygen atoms in total.